The van der Waals surface area contributed by atoms with E-state index in [0.717, 1.165) is 36.3 Å². The van der Waals surface area contributed by atoms with Crippen LogP contribution >= 0.6 is 0 Å². The van der Waals surface area contributed by atoms with Crippen LogP contribution in [0.3, 0.4) is 0 Å². The highest BCUT2D eigenvalue weighted by Crippen LogP contribution is 2.26. The predicted octanol–water partition coefficient (Wildman–Crippen LogP) is 1.55. The molecule has 0 saturated carbocycles. The molecule has 0 bridgehead atoms. The summed E-state index contributed by atoms with van der Waals surface area (Å²) in [7, 11) is -3.87. The number of nitrogens with one attached hydrogen (secondary N) is 1. The highest BCUT2D eigenvalue weighted by molar-refractivity contribution is 7.92. The fourth-order valence-corrected chi connectivity index (χ4v) is 5.09. The van der Waals surface area contributed by atoms with Crippen LogP contribution in [0.2, 0.25) is 0 Å². The number of quaternary nitrogens is 1. The maximum Gasteiger partial charge on any atom is 0.264 e. The second-order valence-corrected chi connectivity index (χ2v) is 9.94. The van der Waals surface area contributed by atoms with Gasteiger partial charge in [0.25, 0.3) is 10.0 Å². The van der Waals surface area contributed by atoms with Crippen molar-refractivity contribution < 1.29 is 18.1 Å². The normalized spacial score (nSPS) is 15.3. The minimum Gasteiger partial charge on any atom is -0.332 e. The molecule has 30 heavy (non-hydrogen) atoms. The minimum absolute atomic E-state index is 0.154. The lowest BCUT2D eigenvalue weighted by molar-refractivity contribution is -0.902. The van der Waals surface area contributed by atoms with Crippen molar-refractivity contribution in [2.45, 2.75) is 32.6 Å². The fourth-order valence-electron chi connectivity index (χ4n) is 3.68. The van der Waals surface area contributed by atoms with Crippen LogP contribution in [0, 0.1) is 20.8 Å². The molecule has 0 aromatic heterocycles. The summed E-state index contributed by atoms with van der Waals surface area (Å²) in [6, 6.07) is 12.3. The Morgan fingerprint density at radius 2 is 1.63 bits per heavy atom. The molecule has 7 heteroatoms. The van der Waals surface area contributed by atoms with E-state index >= 15 is 0 Å². The van der Waals surface area contributed by atoms with Crippen LogP contribution in [0.1, 0.15) is 23.6 Å². The molecule has 1 heterocycles. The smallest absolute Gasteiger partial charge is 0.264 e. The Labute approximate surface area is 180 Å². The lowest BCUT2D eigenvalue weighted by atomic mass is 10.1. The van der Waals surface area contributed by atoms with E-state index in [1.165, 1.54) is 9.21 Å². The van der Waals surface area contributed by atoms with Gasteiger partial charge in [0.1, 0.15) is 6.54 Å². The Hall–Kier alpha value is -2.38. The van der Waals surface area contributed by atoms with Crippen molar-refractivity contribution in [2.24, 2.45) is 0 Å². The summed E-state index contributed by atoms with van der Waals surface area (Å²) >= 11 is 0. The Morgan fingerprint density at radius 1 is 1.00 bits per heavy atom. The van der Waals surface area contributed by atoms with Crippen molar-refractivity contribution in [2.75, 3.05) is 43.6 Å². The number of aryl methyl sites for hydroxylation is 3. The number of benzene rings is 2. The Balaban J connectivity index is 1.92. The van der Waals surface area contributed by atoms with Gasteiger partial charge in [0.2, 0.25) is 5.91 Å². The second kappa shape index (κ2) is 9.18. The summed E-state index contributed by atoms with van der Waals surface area (Å²) in [5.74, 6) is -0.154. The summed E-state index contributed by atoms with van der Waals surface area (Å²) in [6.45, 7) is 12.0. The molecule has 1 saturated heterocycles. The molecule has 2 aromatic rings. The van der Waals surface area contributed by atoms with Gasteiger partial charge in [-0.1, -0.05) is 23.8 Å². The molecule has 0 spiro atoms. The Bertz CT molecular complexity index is 995. The van der Waals surface area contributed by atoms with Crippen molar-refractivity contribution in [3.8, 4) is 0 Å². The molecule has 162 valence electrons. The van der Waals surface area contributed by atoms with E-state index in [1.54, 1.807) is 35.2 Å². The summed E-state index contributed by atoms with van der Waals surface area (Å²) in [5, 5.41) is 0. The first-order valence-corrected chi connectivity index (χ1v) is 11.9. The van der Waals surface area contributed by atoms with E-state index in [1.807, 2.05) is 32.9 Å². The Kier molecular flexibility index (Phi) is 6.83. The van der Waals surface area contributed by atoms with Gasteiger partial charge in [0.15, 0.2) is 0 Å². The van der Waals surface area contributed by atoms with Gasteiger partial charge in [-0.25, -0.2) is 8.42 Å². The number of hydrogen-bond donors (Lipinski definition) is 1. The van der Waals surface area contributed by atoms with Crippen LogP contribution in [0.5, 0.6) is 0 Å². The molecule has 0 radical (unpaired) electrons. The Morgan fingerprint density at radius 3 is 2.20 bits per heavy atom. The number of piperazine rings is 1. The molecule has 0 unspecified atom stereocenters. The van der Waals surface area contributed by atoms with Crippen molar-refractivity contribution in [1.29, 1.82) is 0 Å². The van der Waals surface area contributed by atoms with Gasteiger partial charge in [-0.15, -0.1) is 0 Å². The maximum atomic E-state index is 13.5. The summed E-state index contributed by atoms with van der Waals surface area (Å²) in [4.78, 5) is 16.5. The van der Waals surface area contributed by atoms with Crippen LogP contribution in [0.15, 0.2) is 47.4 Å². The average Bonchev–Trinajstić information content (AvgIpc) is 2.74. The molecular weight excluding hydrogens is 398 g/mol. The predicted molar refractivity (Wildman–Crippen MR) is 119 cm³/mol. The van der Waals surface area contributed by atoms with E-state index in [-0.39, 0.29) is 17.3 Å². The van der Waals surface area contributed by atoms with Gasteiger partial charge in [-0.05, 0) is 63.1 Å². The van der Waals surface area contributed by atoms with Crippen LogP contribution in [-0.2, 0) is 14.8 Å². The van der Waals surface area contributed by atoms with Gasteiger partial charge in [-0.2, -0.15) is 0 Å². The highest BCUT2D eigenvalue weighted by atomic mass is 32.2. The third-order valence-electron chi connectivity index (χ3n) is 5.99. The summed E-state index contributed by atoms with van der Waals surface area (Å²) in [6.07, 6.45) is 0. The van der Waals surface area contributed by atoms with Crippen molar-refractivity contribution in [3.63, 3.8) is 0 Å². The van der Waals surface area contributed by atoms with Gasteiger partial charge in [0.05, 0.1) is 43.3 Å². The number of amides is 1. The SMILES string of the molecule is CC[NH+]1CCN(C(=O)CN(c2ccc(C)c(C)c2)S(=O)(=O)c2ccc(C)cc2)CC1. The molecule has 0 atom stereocenters. The van der Waals surface area contributed by atoms with Gasteiger partial charge >= 0.3 is 0 Å². The first-order valence-electron chi connectivity index (χ1n) is 10.5. The monoisotopic (exact) mass is 430 g/mol. The number of rotatable bonds is 6. The van der Waals surface area contributed by atoms with Crippen molar-refractivity contribution in [3.05, 3.63) is 59.2 Å². The van der Waals surface area contributed by atoms with Crippen LogP contribution in [0.4, 0.5) is 5.69 Å². The van der Waals surface area contributed by atoms with E-state index in [4.69, 9.17) is 0 Å². The first kappa shape index (κ1) is 22.3. The quantitative estimate of drug-likeness (QED) is 0.757. The molecule has 2 aromatic carbocycles. The van der Waals surface area contributed by atoms with E-state index in [2.05, 4.69) is 6.92 Å². The third-order valence-corrected chi connectivity index (χ3v) is 7.78. The molecule has 0 aliphatic carbocycles. The zero-order chi connectivity index (χ0) is 21.9. The third kappa shape index (κ3) is 4.84. The van der Waals surface area contributed by atoms with E-state index in [0.29, 0.717) is 18.8 Å². The summed E-state index contributed by atoms with van der Waals surface area (Å²) < 4.78 is 28.3. The zero-order valence-corrected chi connectivity index (χ0v) is 19.1. The van der Waals surface area contributed by atoms with Gasteiger partial charge in [-0.3, -0.25) is 9.10 Å². The molecular formula is C23H32N3O3S+. The van der Waals surface area contributed by atoms with E-state index < -0.39 is 10.0 Å². The molecule has 1 aliphatic heterocycles. The van der Waals surface area contributed by atoms with Gasteiger partial charge < -0.3 is 9.80 Å². The molecule has 1 N–H and O–H groups in total. The van der Waals surface area contributed by atoms with Crippen LogP contribution < -0.4 is 9.21 Å². The van der Waals surface area contributed by atoms with Crippen molar-refractivity contribution in [1.82, 2.24) is 4.90 Å². The fraction of sp³-hybridized carbons (Fsp3) is 0.435. The molecule has 1 amide bonds. The number of anilines is 1. The lowest BCUT2D eigenvalue weighted by Gasteiger charge is -2.33. The largest absolute Gasteiger partial charge is 0.332 e. The first-order chi connectivity index (χ1) is 14.2. The number of hydrogen-bond acceptors (Lipinski definition) is 3. The van der Waals surface area contributed by atoms with Crippen LogP contribution in [0.25, 0.3) is 0 Å². The number of carbonyl (C=O) groups is 1. The average molecular weight is 431 g/mol. The standard InChI is InChI=1S/C23H31N3O3S/c1-5-24-12-14-25(15-13-24)23(27)17-26(21-9-8-19(3)20(4)16-21)30(28,29)22-10-6-18(2)7-11-22/h6-11,16H,5,12-15,17H2,1-4H3/p+1. The number of likely N-dealkylation sites (N-methyl/N-ethyl adjacent to an activating group) is 1. The van der Waals surface area contributed by atoms with Gasteiger partial charge in [0, 0.05) is 0 Å². The highest BCUT2D eigenvalue weighted by Gasteiger charge is 2.31. The topological polar surface area (TPSA) is 62.1 Å². The molecule has 3 rings (SSSR count). The van der Waals surface area contributed by atoms with Crippen molar-refractivity contribution >= 4 is 21.6 Å². The summed E-state index contributed by atoms with van der Waals surface area (Å²) in [5.41, 5.74) is 3.57. The molecule has 6 nitrogen and oxygen atoms in total. The number of sulfonamides is 1. The number of nitrogens with zero attached hydrogens (tertiary/aromatic N) is 2. The van der Waals surface area contributed by atoms with E-state index in [9.17, 15) is 13.2 Å². The minimum atomic E-state index is -3.87. The lowest BCUT2D eigenvalue weighted by Crippen LogP contribution is -3.14. The number of carbonyl (C=O) groups excluding carboxylic acids is 1. The molecule has 1 aliphatic rings. The zero-order valence-electron chi connectivity index (χ0n) is 18.3. The van der Waals surface area contributed by atoms with Crippen LogP contribution in [-0.4, -0.2) is 58.5 Å². The second-order valence-electron chi connectivity index (χ2n) is 8.08. The molecule has 1 fully saturated rings. The maximum absolute atomic E-state index is 13.5.